The number of nitriles is 1. The van der Waals surface area contributed by atoms with Crippen molar-refractivity contribution in [3.63, 3.8) is 0 Å². The van der Waals surface area contributed by atoms with Gasteiger partial charge in [-0.3, -0.25) is 10.3 Å². The van der Waals surface area contributed by atoms with Gasteiger partial charge in [-0.15, -0.1) is 0 Å². The Morgan fingerprint density at radius 1 is 1.00 bits per heavy atom. The minimum Gasteiger partial charge on any atom is -0.288 e. The summed E-state index contributed by atoms with van der Waals surface area (Å²) in [6, 6.07) is 18.6. The van der Waals surface area contributed by atoms with E-state index < -0.39 is 0 Å². The summed E-state index contributed by atoms with van der Waals surface area (Å²) < 4.78 is 0. The first-order chi connectivity index (χ1) is 8.29. The largest absolute Gasteiger partial charge is 0.288 e. The molecule has 0 aromatic heterocycles. The fraction of sp³-hybridized carbons (Fsp3) is 0.0714. The number of hydrogen-bond acceptors (Lipinski definition) is 3. The number of hydroxylamine groups is 1. The molecule has 0 unspecified atom stereocenters. The molecule has 0 saturated heterocycles. The van der Waals surface area contributed by atoms with Crippen LogP contribution in [0.4, 0.5) is 5.69 Å². The van der Waals surface area contributed by atoms with E-state index in [9.17, 15) is 5.21 Å². The maximum absolute atomic E-state index is 9.89. The summed E-state index contributed by atoms with van der Waals surface area (Å²) in [5, 5.41) is 19.7. The molecule has 2 aromatic rings. The van der Waals surface area contributed by atoms with Crippen molar-refractivity contribution < 1.29 is 5.21 Å². The molecule has 0 aliphatic heterocycles. The molecule has 1 N–H and O–H groups in total. The van der Waals surface area contributed by atoms with Gasteiger partial charge >= 0.3 is 0 Å². The molecule has 3 nitrogen and oxygen atoms in total. The van der Waals surface area contributed by atoms with Gasteiger partial charge in [0.15, 0.2) is 0 Å². The molecule has 0 saturated carbocycles. The van der Waals surface area contributed by atoms with E-state index in [-0.39, 0.29) is 0 Å². The van der Waals surface area contributed by atoms with Crippen LogP contribution in [0.3, 0.4) is 0 Å². The molecular weight excluding hydrogens is 212 g/mol. The quantitative estimate of drug-likeness (QED) is 0.815. The van der Waals surface area contributed by atoms with Crippen molar-refractivity contribution in [1.82, 2.24) is 0 Å². The van der Waals surface area contributed by atoms with Crippen LogP contribution in [0, 0.1) is 11.3 Å². The normalized spacial score (nSPS) is 9.65. The van der Waals surface area contributed by atoms with E-state index in [0.717, 1.165) is 10.6 Å². The highest BCUT2D eigenvalue weighted by atomic mass is 16.5. The van der Waals surface area contributed by atoms with Crippen molar-refractivity contribution in [2.45, 2.75) is 6.54 Å². The highest BCUT2D eigenvalue weighted by Crippen LogP contribution is 2.15. The fourth-order valence-corrected chi connectivity index (χ4v) is 1.56. The Bertz CT molecular complexity index is 514. The van der Waals surface area contributed by atoms with Gasteiger partial charge < -0.3 is 0 Å². The molecule has 84 valence electrons. The van der Waals surface area contributed by atoms with Gasteiger partial charge in [0.25, 0.3) is 0 Å². The summed E-state index contributed by atoms with van der Waals surface area (Å²) in [5.41, 5.74) is 2.29. The summed E-state index contributed by atoms with van der Waals surface area (Å²) in [6.45, 7) is 0.423. The topological polar surface area (TPSA) is 47.3 Å². The monoisotopic (exact) mass is 224 g/mol. The predicted octanol–water partition coefficient (Wildman–Crippen LogP) is 2.95. The zero-order chi connectivity index (χ0) is 12.1. The molecule has 0 heterocycles. The zero-order valence-corrected chi connectivity index (χ0v) is 9.24. The van der Waals surface area contributed by atoms with Gasteiger partial charge in [0.2, 0.25) is 0 Å². The number of nitrogens with zero attached hydrogens (tertiary/aromatic N) is 2. The first-order valence-electron chi connectivity index (χ1n) is 5.30. The second-order valence-electron chi connectivity index (χ2n) is 3.70. The third-order valence-corrected chi connectivity index (χ3v) is 2.47. The van der Waals surface area contributed by atoms with Crippen LogP contribution in [0.25, 0.3) is 0 Å². The van der Waals surface area contributed by atoms with Crippen LogP contribution in [0.2, 0.25) is 0 Å². The maximum atomic E-state index is 9.89. The number of hydrogen-bond donors (Lipinski definition) is 1. The van der Waals surface area contributed by atoms with Crippen LogP contribution in [0.5, 0.6) is 0 Å². The number of benzene rings is 2. The highest BCUT2D eigenvalue weighted by molar-refractivity contribution is 5.47. The Morgan fingerprint density at radius 2 is 1.65 bits per heavy atom. The van der Waals surface area contributed by atoms with Crippen LogP contribution in [-0.4, -0.2) is 5.21 Å². The Hall–Kier alpha value is -2.31. The lowest BCUT2D eigenvalue weighted by molar-refractivity contribution is 0.250. The molecule has 0 aliphatic rings. The second kappa shape index (κ2) is 5.15. The highest BCUT2D eigenvalue weighted by Gasteiger charge is 2.03. The standard InChI is InChI=1S/C14H12N2O/c15-10-12-6-8-14(9-7-12)16(17)11-13-4-2-1-3-5-13/h1-9,17H,11H2. The van der Waals surface area contributed by atoms with Crippen molar-refractivity contribution in [2.24, 2.45) is 0 Å². The predicted molar refractivity (Wildman–Crippen MR) is 65.6 cm³/mol. The van der Waals surface area contributed by atoms with Gasteiger partial charge in [-0.25, -0.2) is 0 Å². The summed E-state index contributed by atoms with van der Waals surface area (Å²) in [6.07, 6.45) is 0. The average molecular weight is 224 g/mol. The minimum absolute atomic E-state index is 0.423. The first-order valence-corrected chi connectivity index (χ1v) is 5.30. The third kappa shape index (κ3) is 2.83. The van der Waals surface area contributed by atoms with Crippen LogP contribution < -0.4 is 5.06 Å². The molecule has 0 spiro atoms. The fourth-order valence-electron chi connectivity index (χ4n) is 1.56. The van der Waals surface area contributed by atoms with Crippen molar-refractivity contribution >= 4 is 5.69 Å². The number of anilines is 1. The molecule has 2 aromatic carbocycles. The van der Waals surface area contributed by atoms with Crippen molar-refractivity contribution in [3.05, 3.63) is 65.7 Å². The lowest BCUT2D eigenvalue weighted by atomic mass is 10.2. The SMILES string of the molecule is N#Cc1ccc(N(O)Cc2ccccc2)cc1. The van der Waals surface area contributed by atoms with Crippen molar-refractivity contribution in [1.29, 1.82) is 5.26 Å². The molecule has 3 heteroatoms. The molecule has 17 heavy (non-hydrogen) atoms. The molecule has 0 fully saturated rings. The van der Waals surface area contributed by atoms with Gasteiger partial charge in [0, 0.05) is 0 Å². The average Bonchev–Trinajstić information content (AvgIpc) is 2.40. The molecule has 0 bridgehead atoms. The lowest BCUT2D eigenvalue weighted by Gasteiger charge is -2.16. The van der Waals surface area contributed by atoms with Gasteiger partial charge in [-0.05, 0) is 29.8 Å². The van der Waals surface area contributed by atoms with Gasteiger partial charge in [-0.1, -0.05) is 30.3 Å². The van der Waals surface area contributed by atoms with Gasteiger partial charge in [0.1, 0.15) is 0 Å². The van der Waals surface area contributed by atoms with Crippen molar-refractivity contribution in [2.75, 3.05) is 5.06 Å². The summed E-state index contributed by atoms with van der Waals surface area (Å²) >= 11 is 0. The van der Waals surface area contributed by atoms with E-state index in [1.54, 1.807) is 24.3 Å². The third-order valence-electron chi connectivity index (χ3n) is 2.47. The molecular formula is C14H12N2O. The van der Waals surface area contributed by atoms with Gasteiger partial charge in [-0.2, -0.15) is 5.26 Å². The molecule has 0 radical (unpaired) electrons. The smallest absolute Gasteiger partial charge is 0.0991 e. The maximum Gasteiger partial charge on any atom is 0.0991 e. The Balaban J connectivity index is 2.10. The Labute approximate surface area is 100 Å². The minimum atomic E-state index is 0.423. The molecule has 0 amide bonds. The molecule has 2 rings (SSSR count). The lowest BCUT2D eigenvalue weighted by Crippen LogP contribution is -2.16. The van der Waals surface area contributed by atoms with Crippen LogP contribution >= 0.6 is 0 Å². The van der Waals surface area contributed by atoms with E-state index in [2.05, 4.69) is 0 Å². The number of rotatable bonds is 3. The zero-order valence-electron chi connectivity index (χ0n) is 9.24. The van der Waals surface area contributed by atoms with E-state index in [1.807, 2.05) is 36.4 Å². The first kappa shape index (κ1) is 11.2. The van der Waals surface area contributed by atoms with E-state index in [0.29, 0.717) is 17.8 Å². The van der Waals surface area contributed by atoms with Crippen LogP contribution in [0.15, 0.2) is 54.6 Å². The van der Waals surface area contributed by atoms with E-state index in [1.165, 1.54) is 0 Å². The van der Waals surface area contributed by atoms with Crippen LogP contribution in [0.1, 0.15) is 11.1 Å². The summed E-state index contributed by atoms with van der Waals surface area (Å²) in [7, 11) is 0. The van der Waals surface area contributed by atoms with Gasteiger partial charge in [0.05, 0.1) is 23.9 Å². The van der Waals surface area contributed by atoms with E-state index >= 15 is 0 Å². The Morgan fingerprint density at radius 3 is 2.24 bits per heavy atom. The van der Waals surface area contributed by atoms with Crippen molar-refractivity contribution in [3.8, 4) is 6.07 Å². The van der Waals surface area contributed by atoms with E-state index in [4.69, 9.17) is 5.26 Å². The Kier molecular flexibility index (Phi) is 3.39. The summed E-state index contributed by atoms with van der Waals surface area (Å²) in [5.74, 6) is 0. The molecule has 0 atom stereocenters. The van der Waals surface area contributed by atoms with Crippen LogP contribution in [-0.2, 0) is 6.54 Å². The molecule has 0 aliphatic carbocycles. The summed E-state index contributed by atoms with van der Waals surface area (Å²) in [4.78, 5) is 0. The second-order valence-corrected chi connectivity index (χ2v) is 3.70.